The number of carbonyl (C=O) groups is 2. The first-order valence-electron chi connectivity index (χ1n) is 6.77. The Bertz CT molecular complexity index is 843. The van der Waals surface area contributed by atoms with Gasteiger partial charge in [-0.1, -0.05) is 11.6 Å². The summed E-state index contributed by atoms with van der Waals surface area (Å²) >= 11 is 6.88. The van der Waals surface area contributed by atoms with Crippen LogP contribution in [0, 0.1) is 0 Å². The standard InChI is InChI=1S/C15H14ClNO5S2/c1-22-15(19)12-6-8-23-14(12)17-13(18)7-9-24(20,21)11-4-2-10(16)3-5-11/h2-6,8H,7,9H2,1H3,(H,17,18). The summed E-state index contributed by atoms with van der Waals surface area (Å²) < 4.78 is 29.0. The first-order chi connectivity index (χ1) is 11.3. The normalized spacial score (nSPS) is 11.1. The molecule has 24 heavy (non-hydrogen) atoms. The van der Waals surface area contributed by atoms with Gasteiger partial charge in [-0.2, -0.15) is 0 Å². The minimum atomic E-state index is -3.59. The van der Waals surface area contributed by atoms with Gasteiger partial charge in [0.1, 0.15) is 5.00 Å². The third kappa shape index (κ3) is 4.56. The molecule has 0 radical (unpaired) electrons. The molecule has 0 saturated carbocycles. The van der Waals surface area contributed by atoms with Crippen molar-refractivity contribution in [3.05, 3.63) is 46.3 Å². The Balaban J connectivity index is 1.99. The fourth-order valence-corrected chi connectivity index (χ4v) is 4.01. The summed E-state index contributed by atoms with van der Waals surface area (Å²) in [5, 5.41) is 4.92. The summed E-state index contributed by atoms with van der Waals surface area (Å²) in [5.41, 5.74) is 0.233. The van der Waals surface area contributed by atoms with E-state index < -0.39 is 21.7 Å². The Hall–Kier alpha value is -1.90. The summed E-state index contributed by atoms with van der Waals surface area (Å²) in [7, 11) is -2.35. The molecule has 1 aromatic carbocycles. The van der Waals surface area contributed by atoms with E-state index in [9.17, 15) is 18.0 Å². The van der Waals surface area contributed by atoms with Crippen molar-refractivity contribution in [2.75, 3.05) is 18.2 Å². The number of esters is 1. The van der Waals surface area contributed by atoms with Crippen LogP contribution in [-0.2, 0) is 19.4 Å². The second-order valence-corrected chi connectivity index (χ2v) is 8.19. The van der Waals surface area contributed by atoms with Gasteiger partial charge >= 0.3 is 5.97 Å². The molecule has 1 amide bonds. The number of halogens is 1. The number of rotatable bonds is 6. The first-order valence-corrected chi connectivity index (χ1v) is 9.68. The number of methoxy groups -OCH3 is 1. The van der Waals surface area contributed by atoms with Crippen LogP contribution >= 0.6 is 22.9 Å². The van der Waals surface area contributed by atoms with Gasteiger partial charge in [0.05, 0.1) is 23.3 Å². The molecular formula is C15H14ClNO5S2. The maximum atomic E-state index is 12.2. The van der Waals surface area contributed by atoms with E-state index in [4.69, 9.17) is 11.6 Å². The van der Waals surface area contributed by atoms with Gasteiger partial charge in [-0.25, -0.2) is 13.2 Å². The van der Waals surface area contributed by atoms with Crippen molar-refractivity contribution in [2.45, 2.75) is 11.3 Å². The molecule has 6 nitrogen and oxygen atoms in total. The molecule has 1 aromatic heterocycles. The van der Waals surface area contributed by atoms with Gasteiger partial charge in [0.2, 0.25) is 5.91 Å². The van der Waals surface area contributed by atoms with Crippen molar-refractivity contribution in [2.24, 2.45) is 0 Å². The molecule has 1 N–H and O–H groups in total. The van der Waals surface area contributed by atoms with Crippen LogP contribution in [0.1, 0.15) is 16.8 Å². The number of amides is 1. The van der Waals surface area contributed by atoms with Crippen molar-refractivity contribution in [1.29, 1.82) is 0 Å². The van der Waals surface area contributed by atoms with Gasteiger partial charge in [0, 0.05) is 11.4 Å². The maximum Gasteiger partial charge on any atom is 0.340 e. The third-order valence-corrected chi connectivity index (χ3v) is 5.91. The van der Waals surface area contributed by atoms with Crippen molar-refractivity contribution in [1.82, 2.24) is 0 Å². The monoisotopic (exact) mass is 387 g/mol. The predicted molar refractivity (Wildman–Crippen MR) is 92.4 cm³/mol. The zero-order chi connectivity index (χ0) is 17.7. The highest BCUT2D eigenvalue weighted by Crippen LogP contribution is 2.24. The molecular weight excluding hydrogens is 374 g/mol. The highest BCUT2D eigenvalue weighted by atomic mass is 35.5. The summed E-state index contributed by atoms with van der Waals surface area (Å²) in [6.07, 6.45) is -0.233. The molecule has 0 saturated heterocycles. The van der Waals surface area contributed by atoms with Crippen LogP contribution in [-0.4, -0.2) is 33.2 Å². The van der Waals surface area contributed by atoms with Crippen LogP contribution < -0.4 is 5.32 Å². The quantitative estimate of drug-likeness (QED) is 0.769. The molecule has 2 rings (SSSR count). The van der Waals surface area contributed by atoms with Gasteiger partial charge in [0.15, 0.2) is 9.84 Å². The van der Waals surface area contributed by atoms with Crippen molar-refractivity contribution in [3.8, 4) is 0 Å². The summed E-state index contributed by atoms with van der Waals surface area (Å²) in [6.45, 7) is 0. The van der Waals surface area contributed by atoms with Gasteiger partial charge in [0.25, 0.3) is 0 Å². The average Bonchev–Trinajstić information content (AvgIpc) is 3.01. The second kappa shape index (κ2) is 7.78. The number of carbonyl (C=O) groups excluding carboxylic acids is 2. The highest BCUT2D eigenvalue weighted by molar-refractivity contribution is 7.91. The molecule has 0 fully saturated rings. The molecule has 9 heteroatoms. The number of thiophene rings is 1. The molecule has 1 heterocycles. The van der Waals surface area contributed by atoms with E-state index in [-0.39, 0.29) is 22.6 Å². The maximum absolute atomic E-state index is 12.2. The molecule has 2 aromatic rings. The van der Waals surface area contributed by atoms with E-state index in [0.717, 1.165) is 11.3 Å². The molecule has 0 atom stereocenters. The van der Waals surface area contributed by atoms with E-state index in [1.54, 1.807) is 5.38 Å². The van der Waals surface area contributed by atoms with E-state index in [0.29, 0.717) is 10.0 Å². The summed E-state index contributed by atoms with van der Waals surface area (Å²) in [6, 6.07) is 7.26. The fraction of sp³-hybridized carbons (Fsp3) is 0.200. The fourth-order valence-electron chi connectivity index (χ4n) is 1.85. The van der Waals surface area contributed by atoms with E-state index in [2.05, 4.69) is 10.1 Å². The average molecular weight is 388 g/mol. The van der Waals surface area contributed by atoms with E-state index >= 15 is 0 Å². The lowest BCUT2D eigenvalue weighted by Gasteiger charge is -2.06. The van der Waals surface area contributed by atoms with Gasteiger partial charge in [-0.3, -0.25) is 4.79 Å². The third-order valence-electron chi connectivity index (χ3n) is 3.09. The Morgan fingerprint density at radius 3 is 2.50 bits per heavy atom. The van der Waals surface area contributed by atoms with Crippen LogP contribution in [0.4, 0.5) is 5.00 Å². The number of hydrogen-bond donors (Lipinski definition) is 1. The SMILES string of the molecule is COC(=O)c1ccsc1NC(=O)CCS(=O)(=O)c1ccc(Cl)cc1. The minimum Gasteiger partial charge on any atom is -0.465 e. The van der Waals surface area contributed by atoms with Gasteiger partial charge in [-0.05, 0) is 35.7 Å². The lowest BCUT2D eigenvalue weighted by molar-refractivity contribution is -0.115. The van der Waals surface area contributed by atoms with Crippen molar-refractivity contribution < 1.29 is 22.7 Å². The molecule has 0 aliphatic rings. The smallest absolute Gasteiger partial charge is 0.340 e. The number of anilines is 1. The Morgan fingerprint density at radius 2 is 1.88 bits per heavy atom. The first kappa shape index (κ1) is 18.4. The predicted octanol–water partition coefficient (Wildman–Crippen LogP) is 2.99. The van der Waals surface area contributed by atoms with Gasteiger partial charge in [-0.15, -0.1) is 11.3 Å². The van der Waals surface area contributed by atoms with Crippen LogP contribution in [0.5, 0.6) is 0 Å². The molecule has 0 bridgehead atoms. The topological polar surface area (TPSA) is 89.5 Å². The Morgan fingerprint density at radius 1 is 1.21 bits per heavy atom. The number of benzene rings is 1. The lowest BCUT2D eigenvalue weighted by Crippen LogP contribution is -2.18. The zero-order valence-corrected chi connectivity index (χ0v) is 15.0. The zero-order valence-electron chi connectivity index (χ0n) is 12.6. The highest BCUT2D eigenvalue weighted by Gasteiger charge is 2.19. The Kier molecular flexibility index (Phi) is 5.98. The van der Waals surface area contributed by atoms with Crippen LogP contribution in [0.25, 0.3) is 0 Å². The van der Waals surface area contributed by atoms with Crippen LogP contribution in [0.2, 0.25) is 5.02 Å². The molecule has 0 unspecified atom stereocenters. The number of nitrogens with one attached hydrogen (secondary N) is 1. The lowest BCUT2D eigenvalue weighted by atomic mass is 10.3. The minimum absolute atomic E-state index is 0.103. The van der Waals surface area contributed by atoms with Crippen molar-refractivity contribution >= 4 is 49.7 Å². The molecule has 0 aliphatic heterocycles. The molecule has 128 valence electrons. The summed E-state index contributed by atoms with van der Waals surface area (Å²) in [4.78, 5) is 23.6. The number of sulfone groups is 1. The molecule has 0 aliphatic carbocycles. The summed E-state index contributed by atoms with van der Waals surface area (Å²) in [5.74, 6) is -1.42. The second-order valence-electron chi connectivity index (χ2n) is 4.73. The number of hydrogen-bond acceptors (Lipinski definition) is 6. The van der Waals surface area contributed by atoms with E-state index in [1.807, 2.05) is 0 Å². The van der Waals surface area contributed by atoms with E-state index in [1.165, 1.54) is 37.4 Å². The van der Waals surface area contributed by atoms with Crippen molar-refractivity contribution in [3.63, 3.8) is 0 Å². The number of ether oxygens (including phenoxy) is 1. The van der Waals surface area contributed by atoms with Crippen LogP contribution in [0.3, 0.4) is 0 Å². The Labute approximate surface area is 148 Å². The van der Waals surface area contributed by atoms with Gasteiger partial charge < -0.3 is 10.1 Å². The largest absolute Gasteiger partial charge is 0.465 e. The van der Waals surface area contributed by atoms with Crippen LogP contribution in [0.15, 0.2) is 40.6 Å². The molecule has 0 spiro atoms.